The van der Waals surface area contributed by atoms with Gasteiger partial charge in [0.25, 0.3) is 0 Å². The van der Waals surface area contributed by atoms with E-state index >= 15 is 0 Å². The maximum atomic E-state index is 9.08. The minimum atomic E-state index is -0.105. The number of aliphatic imine (C=N–C) groups is 1. The van der Waals surface area contributed by atoms with Crippen LogP contribution in [0.1, 0.15) is 24.0 Å². The zero-order valence-corrected chi connectivity index (χ0v) is 14.8. The van der Waals surface area contributed by atoms with Crippen molar-refractivity contribution >= 4 is 29.0 Å². The molecule has 25 heavy (non-hydrogen) atoms. The molecule has 1 saturated heterocycles. The van der Waals surface area contributed by atoms with Crippen LogP contribution in [-0.4, -0.2) is 22.9 Å². The predicted molar refractivity (Wildman–Crippen MR) is 104 cm³/mol. The molecule has 0 radical (unpaired) electrons. The molecule has 4 nitrogen and oxygen atoms in total. The maximum Gasteiger partial charge on any atom is 0.128 e. The Labute approximate surface area is 152 Å². The van der Waals surface area contributed by atoms with Crippen molar-refractivity contribution in [2.24, 2.45) is 4.99 Å². The largest absolute Gasteiger partial charge is 0.371 e. The lowest BCUT2D eigenvalue weighted by Gasteiger charge is -2.42. The molecule has 5 heteroatoms. The van der Waals surface area contributed by atoms with Gasteiger partial charge in [-0.05, 0) is 54.2 Å². The number of benzene rings is 2. The van der Waals surface area contributed by atoms with Gasteiger partial charge in [-0.1, -0.05) is 24.3 Å². The smallest absolute Gasteiger partial charge is 0.128 e. The first-order valence-electron chi connectivity index (χ1n) is 8.56. The molecule has 0 aromatic heterocycles. The Kier molecular flexibility index (Phi) is 4.37. The summed E-state index contributed by atoms with van der Waals surface area (Å²) in [7, 11) is 0. The van der Waals surface area contributed by atoms with Crippen molar-refractivity contribution in [3.63, 3.8) is 0 Å². The molecule has 0 unspecified atom stereocenters. The van der Waals surface area contributed by atoms with Gasteiger partial charge in [-0.3, -0.25) is 0 Å². The fourth-order valence-corrected chi connectivity index (χ4v) is 4.64. The highest BCUT2D eigenvalue weighted by Gasteiger charge is 2.40. The summed E-state index contributed by atoms with van der Waals surface area (Å²) in [6.07, 6.45) is 2.13. The molecule has 1 spiro atoms. The molecule has 4 rings (SSSR count). The van der Waals surface area contributed by atoms with E-state index < -0.39 is 0 Å². The summed E-state index contributed by atoms with van der Waals surface area (Å²) in [6, 6.07) is 18.2. The first kappa shape index (κ1) is 16.0. The lowest BCUT2D eigenvalue weighted by Crippen LogP contribution is -2.55. The molecule has 126 valence electrons. The average molecular weight is 348 g/mol. The number of nitriles is 1. The quantitative estimate of drug-likeness (QED) is 0.859. The second-order valence-electron chi connectivity index (χ2n) is 6.46. The molecule has 2 heterocycles. The van der Waals surface area contributed by atoms with Crippen LogP contribution in [0.15, 0.2) is 53.5 Å². The van der Waals surface area contributed by atoms with Crippen LogP contribution in [0, 0.1) is 11.3 Å². The number of amidine groups is 1. The molecular weight excluding hydrogens is 328 g/mol. The highest BCUT2D eigenvalue weighted by atomic mass is 32.2. The van der Waals surface area contributed by atoms with Crippen LogP contribution in [0.5, 0.6) is 0 Å². The van der Waals surface area contributed by atoms with Crippen LogP contribution in [0.2, 0.25) is 0 Å². The molecule has 2 aromatic carbocycles. The molecule has 0 saturated carbocycles. The molecule has 2 aliphatic heterocycles. The molecule has 2 N–H and O–H groups in total. The number of thioether (sulfide) groups is 1. The number of nitrogens with one attached hydrogen (secondary N) is 2. The van der Waals surface area contributed by atoms with Gasteiger partial charge in [-0.15, -0.1) is 0 Å². The summed E-state index contributed by atoms with van der Waals surface area (Å²) in [5.74, 6) is 3.30. The van der Waals surface area contributed by atoms with Gasteiger partial charge < -0.3 is 10.6 Å². The number of para-hydroxylation sites is 2. The Balaban J connectivity index is 1.62. The monoisotopic (exact) mass is 348 g/mol. The SMILES string of the molecule is N#Cc1cccc(CNC2=Nc3ccccc3NC23CCSCC3)c1. The topological polar surface area (TPSA) is 60.2 Å². The third-order valence-electron chi connectivity index (χ3n) is 4.83. The molecule has 2 aromatic rings. The molecule has 0 aliphatic carbocycles. The second kappa shape index (κ2) is 6.81. The summed E-state index contributed by atoms with van der Waals surface area (Å²) >= 11 is 2.01. The van der Waals surface area contributed by atoms with Crippen molar-refractivity contribution in [2.75, 3.05) is 16.8 Å². The summed E-state index contributed by atoms with van der Waals surface area (Å²) in [5, 5.41) is 16.4. The molecule has 0 amide bonds. The van der Waals surface area contributed by atoms with E-state index in [1.165, 1.54) is 0 Å². The van der Waals surface area contributed by atoms with Crippen LogP contribution >= 0.6 is 11.8 Å². The number of rotatable bonds is 2. The zero-order valence-electron chi connectivity index (χ0n) is 14.0. The molecule has 0 atom stereocenters. The summed E-state index contributed by atoms with van der Waals surface area (Å²) in [5.41, 5.74) is 3.79. The first-order valence-corrected chi connectivity index (χ1v) is 9.72. The van der Waals surface area contributed by atoms with Gasteiger partial charge in [0.15, 0.2) is 0 Å². The number of hydrogen-bond donors (Lipinski definition) is 2. The Morgan fingerprint density at radius 1 is 1.16 bits per heavy atom. The minimum absolute atomic E-state index is 0.105. The van der Waals surface area contributed by atoms with Crippen molar-refractivity contribution in [1.29, 1.82) is 5.26 Å². The van der Waals surface area contributed by atoms with Crippen molar-refractivity contribution in [1.82, 2.24) is 5.32 Å². The van der Waals surface area contributed by atoms with E-state index in [0.717, 1.165) is 47.1 Å². The van der Waals surface area contributed by atoms with Crippen molar-refractivity contribution in [3.8, 4) is 6.07 Å². The Bertz CT molecular complexity index is 847. The summed E-state index contributed by atoms with van der Waals surface area (Å²) in [4.78, 5) is 4.95. The molecule has 2 aliphatic rings. The number of fused-ring (bicyclic) bond motifs is 1. The van der Waals surface area contributed by atoms with E-state index in [-0.39, 0.29) is 5.54 Å². The third-order valence-corrected chi connectivity index (χ3v) is 5.81. The minimum Gasteiger partial charge on any atom is -0.371 e. The Morgan fingerprint density at radius 3 is 2.84 bits per heavy atom. The van der Waals surface area contributed by atoms with E-state index in [1.807, 2.05) is 48.2 Å². The van der Waals surface area contributed by atoms with E-state index in [2.05, 4.69) is 28.8 Å². The summed E-state index contributed by atoms with van der Waals surface area (Å²) in [6.45, 7) is 0.674. The molecule has 0 bridgehead atoms. The average Bonchev–Trinajstić information content (AvgIpc) is 2.67. The second-order valence-corrected chi connectivity index (χ2v) is 7.69. The normalized spacial score (nSPS) is 17.8. The van der Waals surface area contributed by atoms with Crippen LogP contribution in [0.25, 0.3) is 0 Å². The van der Waals surface area contributed by atoms with Gasteiger partial charge in [-0.25, -0.2) is 4.99 Å². The number of nitrogens with zero attached hydrogens (tertiary/aromatic N) is 2. The van der Waals surface area contributed by atoms with Crippen LogP contribution in [-0.2, 0) is 6.54 Å². The fourth-order valence-electron chi connectivity index (χ4n) is 3.45. The van der Waals surface area contributed by atoms with Gasteiger partial charge >= 0.3 is 0 Å². The van der Waals surface area contributed by atoms with Gasteiger partial charge in [0.05, 0.1) is 28.5 Å². The zero-order chi connectivity index (χ0) is 17.1. The van der Waals surface area contributed by atoms with Crippen molar-refractivity contribution < 1.29 is 0 Å². The summed E-state index contributed by atoms with van der Waals surface area (Å²) < 4.78 is 0. The van der Waals surface area contributed by atoms with Gasteiger partial charge in [0, 0.05) is 6.54 Å². The van der Waals surface area contributed by atoms with E-state index in [4.69, 9.17) is 10.3 Å². The standard InChI is InChI=1S/C20H20N4S/c21-13-15-4-3-5-16(12-15)14-22-19-20(8-10-25-11-9-20)24-18-7-2-1-6-17(18)23-19/h1-7,12,24H,8-11,14H2,(H,22,23). The number of hydrogen-bond acceptors (Lipinski definition) is 5. The van der Waals surface area contributed by atoms with Crippen LogP contribution in [0.4, 0.5) is 11.4 Å². The Hall–Kier alpha value is -2.45. The maximum absolute atomic E-state index is 9.08. The van der Waals surface area contributed by atoms with Crippen LogP contribution in [0.3, 0.4) is 0 Å². The third kappa shape index (κ3) is 3.22. The van der Waals surface area contributed by atoms with Crippen molar-refractivity contribution in [3.05, 3.63) is 59.7 Å². The van der Waals surface area contributed by atoms with E-state index in [1.54, 1.807) is 0 Å². The van der Waals surface area contributed by atoms with Crippen molar-refractivity contribution in [2.45, 2.75) is 24.9 Å². The lowest BCUT2D eigenvalue weighted by molar-refractivity contribution is 0.543. The predicted octanol–water partition coefficient (Wildman–Crippen LogP) is 4.07. The van der Waals surface area contributed by atoms with Crippen LogP contribution < -0.4 is 10.6 Å². The number of anilines is 1. The van der Waals surface area contributed by atoms with E-state index in [0.29, 0.717) is 12.1 Å². The van der Waals surface area contributed by atoms with Gasteiger partial charge in [0.1, 0.15) is 5.84 Å². The highest BCUT2D eigenvalue weighted by molar-refractivity contribution is 7.99. The molecule has 1 fully saturated rings. The first-order chi connectivity index (χ1) is 12.3. The van der Waals surface area contributed by atoms with E-state index in [9.17, 15) is 0 Å². The lowest BCUT2D eigenvalue weighted by atomic mass is 9.88. The fraction of sp³-hybridized carbons (Fsp3) is 0.300. The van der Waals surface area contributed by atoms with Gasteiger partial charge in [0.2, 0.25) is 0 Å². The highest BCUT2D eigenvalue weighted by Crippen LogP contribution is 2.39. The van der Waals surface area contributed by atoms with Gasteiger partial charge in [-0.2, -0.15) is 17.0 Å². The molecular formula is C20H20N4S. The Morgan fingerprint density at radius 2 is 2.00 bits per heavy atom.